The van der Waals surface area contributed by atoms with Crippen LogP contribution in [0.2, 0.25) is 0 Å². The maximum atomic E-state index is 12.8. The molecule has 0 heterocycles. The van der Waals surface area contributed by atoms with E-state index in [9.17, 15) is 23.2 Å². The van der Waals surface area contributed by atoms with Gasteiger partial charge in [-0.05, 0) is 47.9 Å². The van der Waals surface area contributed by atoms with Crippen molar-refractivity contribution in [3.63, 3.8) is 0 Å². The topological polar surface area (TPSA) is 40.9 Å². The molecule has 0 bridgehead atoms. The van der Waals surface area contributed by atoms with Gasteiger partial charge in [-0.15, -0.1) is 0 Å². The highest BCUT2D eigenvalue weighted by Gasteiger charge is 2.31. The minimum absolute atomic E-state index is 0.00920. The molecule has 0 aromatic heterocycles. The van der Waals surface area contributed by atoms with Crippen molar-refractivity contribution in [2.75, 3.05) is 0 Å². The highest BCUT2D eigenvalue weighted by Crippen LogP contribution is 2.40. The van der Waals surface area contributed by atoms with Gasteiger partial charge in [-0.25, -0.2) is 0 Å². The maximum absolute atomic E-state index is 12.8. The molecule has 2 nitrogen and oxygen atoms in total. The molecule has 0 amide bonds. The molecule has 0 atom stereocenters. The van der Waals surface area contributed by atoms with Crippen molar-refractivity contribution in [3.8, 4) is 6.07 Å². The van der Waals surface area contributed by atoms with E-state index in [-0.39, 0.29) is 47.3 Å². The van der Waals surface area contributed by atoms with E-state index in [0.717, 1.165) is 17.2 Å². The van der Waals surface area contributed by atoms with Crippen molar-refractivity contribution in [1.82, 2.24) is 0 Å². The van der Waals surface area contributed by atoms with Crippen molar-refractivity contribution in [3.05, 3.63) is 58.5 Å². The van der Waals surface area contributed by atoms with Gasteiger partial charge in [-0.1, -0.05) is 49.7 Å². The highest BCUT2D eigenvalue weighted by atomic mass is 32.2. The lowest BCUT2D eigenvalue weighted by Gasteiger charge is -2.12. The second kappa shape index (κ2) is 9.61. The van der Waals surface area contributed by atoms with Gasteiger partial charge in [0.25, 0.3) is 0 Å². The van der Waals surface area contributed by atoms with Gasteiger partial charge in [0.2, 0.25) is 0 Å². The molecule has 2 aromatic rings. The lowest BCUT2D eigenvalue weighted by molar-refractivity contribution is -0.0322. The Morgan fingerprint density at radius 1 is 1.07 bits per heavy atom. The Bertz CT molecular complexity index is 881. The first kappa shape index (κ1) is 21.0. The molecule has 2 rings (SSSR count). The summed E-state index contributed by atoms with van der Waals surface area (Å²) in [5, 5.41) is 11.3. The predicted octanol–water partition coefficient (Wildman–Crippen LogP) is 7.02. The van der Waals surface area contributed by atoms with E-state index < -0.39 is 5.51 Å². The molecule has 0 aliphatic rings. The van der Waals surface area contributed by atoms with E-state index in [1.54, 1.807) is 12.1 Å². The zero-order chi connectivity index (χ0) is 19.9. The van der Waals surface area contributed by atoms with E-state index >= 15 is 0 Å². The van der Waals surface area contributed by atoms with Crippen molar-refractivity contribution in [1.29, 1.82) is 5.26 Å². The fourth-order valence-corrected chi connectivity index (χ4v) is 3.54. The van der Waals surface area contributed by atoms with Crippen molar-refractivity contribution < 1.29 is 18.0 Å². The lowest BCUT2D eigenvalue weighted by atomic mass is 9.99. The highest BCUT2D eigenvalue weighted by molar-refractivity contribution is 8.03. The molecular formula is C21H20F3NOS. The SMILES string of the molecule is CCCC/C(SC(F)(F)F)=C(\C#N)CCC(=O)c1ccc2ccccc2c1. The number of unbranched alkanes of at least 4 members (excludes halogenated alkanes) is 1. The number of carbonyl (C=O) groups is 1. The minimum atomic E-state index is -4.44. The Labute approximate surface area is 161 Å². The molecule has 0 aliphatic heterocycles. The Kier molecular flexibility index (Phi) is 7.49. The summed E-state index contributed by atoms with van der Waals surface area (Å²) in [5.74, 6) is -0.180. The molecule has 27 heavy (non-hydrogen) atoms. The fourth-order valence-electron chi connectivity index (χ4n) is 2.74. The Morgan fingerprint density at radius 2 is 1.78 bits per heavy atom. The van der Waals surface area contributed by atoms with E-state index in [1.807, 2.05) is 43.3 Å². The summed E-state index contributed by atoms with van der Waals surface area (Å²) in [6.45, 7) is 1.88. The third-order valence-corrected chi connectivity index (χ3v) is 5.07. The molecule has 0 aliphatic carbocycles. The monoisotopic (exact) mass is 391 g/mol. The number of fused-ring (bicyclic) bond motifs is 1. The number of allylic oxidation sites excluding steroid dienone is 2. The maximum Gasteiger partial charge on any atom is 0.446 e. The summed E-state index contributed by atoms with van der Waals surface area (Å²) in [6, 6.07) is 14.8. The standard InChI is InChI=1S/C21H20F3NOS/c1-2-3-8-20(27-21(22,23)24)18(14-25)11-12-19(26)17-10-9-15-6-4-5-7-16(15)13-17/h4-7,9-10,13H,2-3,8,11-12H2,1H3/b20-18+. The van der Waals surface area contributed by atoms with Crippen LogP contribution in [0.3, 0.4) is 0 Å². The largest absolute Gasteiger partial charge is 0.446 e. The number of Topliss-reactive ketones (excluding diaryl/α,β-unsaturated/α-hetero) is 1. The first-order valence-corrected chi connectivity index (χ1v) is 9.55. The molecule has 0 saturated carbocycles. The molecule has 0 fully saturated rings. The summed E-state index contributed by atoms with van der Waals surface area (Å²) in [5.41, 5.74) is -3.88. The molecule has 142 valence electrons. The van der Waals surface area contributed by atoms with Crippen LogP contribution in [-0.2, 0) is 0 Å². The Balaban J connectivity index is 2.15. The number of nitriles is 1. The van der Waals surface area contributed by atoms with Gasteiger partial charge >= 0.3 is 5.51 Å². The second-order valence-corrected chi connectivity index (χ2v) is 7.31. The molecule has 0 unspecified atom stereocenters. The number of nitrogens with zero attached hydrogens (tertiary/aromatic N) is 1. The normalized spacial score (nSPS) is 12.6. The summed E-state index contributed by atoms with van der Waals surface area (Å²) < 4.78 is 38.4. The van der Waals surface area contributed by atoms with Gasteiger partial charge in [0.1, 0.15) is 0 Å². The number of benzene rings is 2. The van der Waals surface area contributed by atoms with Crippen molar-refractivity contribution in [2.24, 2.45) is 0 Å². The first-order chi connectivity index (χ1) is 12.8. The number of carbonyl (C=O) groups excluding carboxylic acids is 1. The zero-order valence-electron chi connectivity index (χ0n) is 15.0. The molecule has 2 aromatic carbocycles. The summed E-state index contributed by atoms with van der Waals surface area (Å²) in [7, 11) is 0. The van der Waals surface area contributed by atoms with Crippen molar-refractivity contribution in [2.45, 2.75) is 44.5 Å². The van der Waals surface area contributed by atoms with Crippen LogP contribution in [0.4, 0.5) is 13.2 Å². The number of ketones is 1. The predicted molar refractivity (Wildman–Crippen MR) is 103 cm³/mol. The van der Waals surface area contributed by atoms with Crippen LogP contribution in [0.15, 0.2) is 52.9 Å². The number of halogens is 3. The zero-order valence-corrected chi connectivity index (χ0v) is 15.8. The third kappa shape index (κ3) is 6.44. The molecule has 0 radical (unpaired) electrons. The number of alkyl halides is 3. The van der Waals surface area contributed by atoms with Gasteiger partial charge < -0.3 is 0 Å². The van der Waals surface area contributed by atoms with E-state index in [2.05, 4.69) is 0 Å². The summed E-state index contributed by atoms with van der Waals surface area (Å²) in [4.78, 5) is 12.5. The molecule has 0 N–H and O–H groups in total. The number of hydrogen-bond donors (Lipinski definition) is 0. The van der Waals surface area contributed by atoms with Gasteiger partial charge in [0, 0.05) is 22.5 Å². The second-order valence-electron chi connectivity index (χ2n) is 6.15. The quantitative estimate of drug-likeness (QED) is 0.358. The van der Waals surface area contributed by atoms with Crippen LogP contribution in [0.1, 0.15) is 49.4 Å². The number of thioether (sulfide) groups is 1. The average molecular weight is 391 g/mol. The van der Waals surface area contributed by atoms with E-state index in [4.69, 9.17) is 0 Å². The van der Waals surface area contributed by atoms with Crippen LogP contribution in [0.25, 0.3) is 10.8 Å². The molecular weight excluding hydrogens is 371 g/mol. The van der Waals surface area contributed by atoms with Crippen LogP contribution >= 0.6 is 11.8 Å². The summed E-state index contributed by atoms with van der Waals surface area (Å²) in [6.07, 6.45) is 1.53. The fraction of sp³-hybridized carbons (Fsp3) is 0.333. The van der Waals surface area contributed by atoms with Gasteiger partial charge in [0.05, 0.1) is 6.07 Å². The van der Waals surface area contributed by atoms with Gasteiger partial charge in [0.15, 0.2) is 5.78 Å². The Morgan fingerprint density at radius 3 is 2.41 bits per heavy atom. The molecule has 0 spiro atoms. The average Bonchev–Trinajstić information content (AvgIpc) is 2.64. The van der Waals surface area contributed by atoms with E-state index in [1.165, 1.54) is 0 Å². The van der Waals surface area contributed by atoms with Gasteiger partial charge in [-0.2, -0.15) is 18.4 Å². The number of rotatable bonds is 8. The van der Waals surface area contributed by atoms with Crippen molar-refractivity contribution >= 4 is 28.3 Å². The van der Waals surface area contributed by atoms with Crippen LogP contribution in [0, 0.1) is 11.3 Å². The van der Waals surface area contributed by atoms with Gasteiger partial charge in [-0.3, -0.25) is 4.79 Å². The molecule has 6 heteroatoms. The minimum Gasteiger partial charge on any atom is -0.294 e. The lowest BCUT2D eigenvalue weighted by Crippen LogP contribution is -2.04. The first-order valence-electron chi connectivity index (χ1n) is 8.74. The van der Waals surface area contributed by atoms with Crippen LogP contribution < -0.4 is 0 Å². The third-order valence-electron chi connectivity index (χ3n) is 4.14. The molecule has 0 saturated heterocycles. The smallest absolute Gasteiger partial charge is 0.294 e. The number of hydrogen-bond acceptors (Lipinski definition) is 3. The summed E-state index contributed by atoms with van der Waals surface area (Å²) >= 11 is -0.230. The Hall–Kier alpha value is -2.26. The van der Waals surface area contributed by atoms with E-state index in [0.29, 0.717) is 12.0 Å². The van der Waals surface area contributed by atoms with Crippen LogP contribution in [-0.4, -0.2) is 11.3 Å². The van der Waals surface area contributed by atoms with Crippen LogP contribution in [0.5, 0.6) is 0 Å².